The van der Waals surface area contributed by atoms with E-state index in [1.165, 1.54) is 30.3 Å². The van der Waals surface area contributed by atoms with Gasteiger partial charge in [0.25, 0.3) is 15.9 Å². The minimum atomic E-state index is -3.95. The van der Waals surface area contributed by atoms with E-state index < -0.39 is 15.9 Å². The summed E-state index contributed by atoms with van der Waals surface area (Å²) in [4.78, 5) is 12.4. The molecule has 0 aliphatic carbocycles. The first-order valence-corrected chi connectivity index (χ1v) is 9.34. The third-order valence-corrected chi connectivity index (χ3v) is 5.20. The fourth-order valence-corrected chi connectivity index (χ4v) is 3.58. The molecule has 3 N–H and O–H groups in total. The van der Waals surface area contributed by atoms with Gasteiger partial charge in [0, 0.05) is 10.6 Å². The third-order valence-electron chi connectivity index (χ3n) is 3.59. The molecule has 1 heterocycles. The van der Waals surface area contributed by atoms with Gasteiger partial charge in [-0.2, -0.15) is 15.0 Å². The molecule has 0 atom stereocenters. The van der Waals surface area contributed by atoms with Crippen molar-refractivity contribution in [2.45, 2.75) is 4.90 Å². The molecule has 0 radical (unpaired) electrons. The highest BCUT2D eigenvalue weighted by atomic mass is 35.5. The quantitative estimate of drug-likeness (QED) is 0.690. The molecule has 3 rings (SSSR count). The second kappa shape index (κ2) is 7.11. The lowest BCUT2D eigenvalue weighted by Crippen LogP contribution is -2.18. The molecule has 0 aliphatic rings. The van der Waals surface area contributed by atoms with Crippen LogP contribution < -0.4 is 10.5 Å². The second-order valence-corrected chi connectivity index (χ2v) is 7.53. The molecule has 2 aromatic carbocycles. The van der Waals surface area contributed by atoms with Crippen LogP contribution in [0.1, 0.15) is 15.9 Å². The number of benzene rings is 2. The Morgan fingerprint density at radius 1 is 1.22 bits per heavy atom. The zero-order valence-electron chi connectivity index (χ0n) is 13.6. The Hall–Kier alpha value is -3.35. The van der Waals surface area contributed by atoms with E-state index in [0.717, 1.165) is 10.9 Å². The van der Waals surface area contributed by atoms with Gasteiger partial charge in [0.15, 0.2) is 0 Å². The highest BCUT2D eigenvalue weighted by molar-refractivity contribution is 7.92. The Balaban J connectivity index is 1.94. The lowest BCUT2D eigenvalue weighted by Gasteiger charge is -2.10. The van der Waals surface area contributed by atoms with E-state index >= 15 is 0 Å². The molecular weight excluding hydrogens is 390 g/mol. The molecule has 10 heteroatoms. The number of halogens is 1. The molecule has 0 amide bonds. The normalized spacial score (nSPS) is 11.0. The number of anilines is 2. The maximum atomic E-state index is 12.6. The molecule has 0 aliphatic heterocycles. The Morgan fingerprint density at radius 2 is 1.96 bits per heavy atom. The van der Waals surface area contributed by atoms with Crippen LogP contribution in [0.5, 0.6) is 0 Å². The molecule has 0 unspecified atom stereocenters. The van der Waals surface area contributed by atoms with Crippen molar-refractivity contribution in [3.05, 3.63) is 70.9 Å². The SMILES string of the molecule is N#Cc1cnn(C(=O)c2cccc(S(=O)(=O)Nc3cccc(Cl)c3)c2)c1N. The number of nitrogens with one attached hydrogen (secondary N) is 1. The van der Waals surface area contributed by atoms with Gasteiger partial charge in [0.05, 0.1) is 16.8 Å². The number of hydrogen-bond donors (Lipinski definition) is 2. The van der Waals surface area contributed by atoms with E-state index in [9.17, 15) is 13.2 Å². The largest absolute Gasteiger partial charge is 0.382 e. The number of sulfonamides is 1. The molecular formula is C17H12ClN5O3S. The van der Waals surface area contributed by atoms with Crippen molar-refractivity contribution in [3.63, 3.8) is 0 Å². The number of rotatable bonds is 4. The van der Waals surface area contributed by atoms with E-state index in [1.807, 2.05) is 6.07 Å². The van der Waals surface area contributed by atoms with Crippen LogP contribution in [0.25, 0.3) is 0 Å². The average Bonchev–Trinajstić information content (AvgIpc) is 3.01. The summed E-state index contributed by atoms with van der Waals surface area (Å²) >= 11 is 5.86. The van der Waals surface area contributed by atoms with Crippen molar-refractivity contribution < 1.29 is 13.2 Å². The van der Waals surface area contributed by atoms with Crippen molar-refractivity contribution in [2.75, 3.05) is 10.5 Å². The van der Waals surface area contributed by atoms with Gasteiger partial charge >= 0.3 is 0 Å². The first-order chi connectivity index (χ1) is 12.8. The Bertz CT molecular complexity index is 1180. The second-order valence-electron chi connectivity index (χ2n) is 5.42. The summed E-state index contributed by atoms with van der Waals surface area (Å²) in [6.45, 7) is 0. The molecule has 0 fully saturated rings. The molecule has 0 spiro atoms. The molecule has 8 nitrogen and oxygen atoms in total. The van der Waals surface area contributed by atoms with Gasteiger partial charge in [0.2, 0.25) is 0 Å². The van der Waals surface area contributed by atoms with Crippen molar-refractivity contribution in [1.82, 2.24) is 9.78 Å². The maximum absolute atomic E-state index is 12.6. The van der Waals surface area contributed by atoms with Crippen molar-refractivity contribution in [3.8, 4) is 6.07 Å². The van der Waals surface area contributed by atoms with Gasteiger partial charge in [0.1, 0.15) is 17.5 Å². The van der Waals surface area contributed by atoms with Crippen LogP contribution in [-0.4, -0.2) is 24.1 Å². The van der Waals surface area contributed by atoms with Crippen LogP contribution in [0.4, 0.5) is 11.5 Å². The van der Waals surface area contributed by atoms with Gasteiger partial charge in [-0.25, -0.2) is 8.42 Å². The zero-order chi connectivity index (χ0) is 19.6. The fraction of sp³-hybridized carbons (Fsp3) is 0. The Labute approximate surface area is 159 Å². The highest BCUT2D eigenvalue weighted by Gasteiger charge is 2.20. The topological polar surface area (TPSA) is 131 Å². The number of nitriles is 1. The summed E-state index contributed by atoms with van der Waals surface area (Å²) in [5.41, 5.74) is 6.09. The lowest BCUT2D eigenvalue weighted by atomic mass is 10.2. The number of aromatic nitrogens is 2. The van der Waals surface area contributed by atoms with Gasteiger partial charge in [-0.05, 0) is 36.4 Å². The van der Waals surface area contributed by atoms with Crippen LogP contribution in [0.15, 0.2) is 59.6 Å². The highest BCUT2D eigenvalue weighted by Crippen LogP contribution is 2.21. The van der Waals surface area contributed by atoms with E-state index in [0.29, 0.717) is 5.02 Å². The smallest absolute Gasteiger partial charge is 0.280 e. The predicted molar refractivity (Wildman–Crippen MR) is 99.8 cm³/mol. The maximum Gasteiger partial charge on any atom is 0.280 e. The van der Waals surface area contributed by atoms with Gasteiger partial charge in [-0.15, -0.1) is 0 Å². The number of carbonyl (C=O) groups is 1. The van der Waals surface area contributed by atoms with E-state index in [1.54, 1.807) is 18.2 Å². The number of hydrogen-bond acceptors (Lipinski definition) is 6. The third kappa shape index (κ3) is 3.76. The number of nitrogens with two attached hydrogens (primary N) is 1. The number of carbonyl (C=O) groups excluding carboxylic acids is 1. The summed E-state index contributed by atoms with van der Waals surface area (Å²) in [7, 11) is -3.95. The van der Waals surface area contributed by atoms with Crippen LogP contribution in [0.3, 0.4) is 0 Å². The van der Waals surface area contributed by atoms with Crippen molar-refractivity contribution >= 4 is 39.0 Å². The Kier molecular flexibility index (Phi) is 4.85. The lowest BCUT2D eigenvalue weighted by molar-refractivity contribution is 0.0947. The molecule has 3 aromatic rings. The summed E-state index contributed by atoms with van der Waals surface area (Å²) in [6.07, 6.45) is 1.16. The van der Waals surface area contributed by atoms with Crippen molar-refractivity contribution in [1.29, 1.82) is 5.26 Å². The average molecular weight is 402 g/mol. The molecule has 0 saturated heterocycles. The van der Waals surface area contributed by atoms with Crippen LogP contribution in [0, 0.1) is 11.3 Å². The number of nitrogen functional groups attached to an aromatic ring is 1. The zero-order valence-corrected chi connectivity index (χ0v) is 15.2. The van der Waals surface area contributed by atoms with Gasteiger partial charge in [-0.1, -0.05) is 23.7 Å². The van der Waals surface area contributed by atoms with Gasteiger partial charge < -0.3 is 5.73 Å². The minimum absolute atomic E-state index is 0.0447. The fourth-order valence-electron chi connectivity index (χ4n) is 2.29. The molecule has 1 aromatic heterocycles. The first kappa shape index (κ1) is 18.4. The minimum Gasteiger partial charge on any atom is -0.382 e. The monoisotopic (exact) mass is 401 g/mol. The first-order valence-electron chi connectivity index (χ1n) is 7.48. The Morgan fingerprint density at radius 3 is 2.63 bits per heavy atom. The summed E-state index contributed by atoms with van der Waals surface area (Å²) in [5, 5.41) is 13.1. The van der Waals surface area contributed by atoms with E-state index in [2.05, 4.69) is 9.82 Å². The molecule has 0 bridgehead atoms. The van der Waals surface area contributed by atoms with Crippen molar-refractivity contribution in [2.24, 2.45) is 0 Å². The summed E-state index contributed by atoms with van der Waals surface area (Å²) in [5.74, 6) is -0.776. The van der Waals surface area contributed by atoms with Gasteiger partial charge in [-0.3, -0.25) is 9.52 Å². The number of nitrogens with zero attached hydrogens (tertiary/aromatic N) is 3. The van der Waals surface area contributed by atoms with Crippen LogP contribution in [-0.2, 0) is 10.0 Å². The van der Waals surface area contributed by atoms with Crippen LogP contribution >= 0.6 is 11.6 Å². The summed E-state index contributed by atoms with van der Waals surface area (Å²) < 4.78 is 28.4. The van der Waals surface area contributed by atoms with Crippen LogP contribution in [0.2, 0.25) is 5.02 Å². The van der Waals surface area contributed by atoms with E-state index in [4.69, 9.17) is 22.6 Å². The van der Waals surface area contributed by atoms with E-state index in [-0.39, 0.29) is 27.5 Å². The summed E-state index contributed by atoms with van der Waals surface area (Å²) in [6, 6.07) is 13.4. The molecule has 27 heavy (non-hydrogen) atoms. The molecule has 0 saturated carbocycles. The molecule has 136 valence electrons. The predicted octanol–water partition coefficient (Wildman–Crippen LogP) is 2.48. The standard InChI is InChI=1S/C17H12ClN5O3S/c18-13-4-2-5-14(8-13)22-27(25,26)15-6-1-3-11(7-15)17(24)23-16(20)12(9-19)10-21-23/h1-8,10,22H,20H2.